The van der Waals surface area contributed by atoms with Crippen LogP contribution in [0.5, 0.6) is 0 Å². The van der Waals surface area contributed by atoms with Crippen LogP contribution >= 0.6 is 0 Å². The van der Waals surface area contributed by atoms with Crippen LogP contribution in [0, 0.1) is 6.92 Å². The maximum atomic E-state index is 12.1. The number of hydrogen-bond donors (Lipinski definition) is 1. The predicted octanol–water partition coefficient (Wildman–Crippen LogP) is 0.664. The summed E-state index contributed by atoms with van der Waals surface area (Å²) in [6.45, 7) is 3.71. The van der Waals surface area contributed by atoms with Gasteiger partial charge in [-0.25, -0.2) is 4.98 Å². The van der Waals surface area contributed by atoms with Crippen LogP contribution < -0.4 is 11.3 Å². The van der Waals surface area contributed by atoms with Crippen molar-refractivity contribution in [3.63, 3.8) is 0 Å². The number of pyridine rings is 1. The van der Waals surface area contributed by atoms with Gasteiger partial charge in [0.15, 0.2) is 0 Å². The van der Waals surface area contributed by atoms with Crippen molar-refractivity contribution in [2.24, 2.45) is 5.73 Å². The lowest BCUT2D eigenvalue weighted by Crippen LogP contribution is -2.22. The fourth-order valence-corrected chi connectivity index (χ4v) is 1.84. The Bertz CT molecular complexity index is 659. The van der Waals surface area contributed by atoms with E-state index in [1.165, 1.54) is 10.6 Å². The minimum Gasteiger partial charge on any atom is -0.366 e. The van der Waals surface area contributed by atoms with Gasteiger partial charge in [0.05, 0.1) is 5.56 Å². The number of aromatic nitrogens is 2. The maximum absolute atomic E-state index is 12.1. The van der Waals surface area contributed by atoms with Crippen molar-refractivity contribution in [3.05, 3.63) is 45.5 Å². The monoisotopic (exact) mass is 231 g/mol. The Morgan fingerprint density at radius 1 is 1.47 bits per heavy atom. The summed E-state index contributed by atoms with van der Waals surface area (Å²) < 4.78 is 1.37. The molecule has 5 nitrogen and oxygen atoms in total. The van der Waals surface area contributed by atoms with Crippen molar-refractivity contribution in [1.82, 2.24) is 9.38 Å². The zero-order chi connectivity index (χ0) is 12.6. The highest BCUT2D eigenvalue weighted by Crippen LogP contribution is 2.06. The SMILES string of the molecule is CCc1c(C)nc2ccc(C(N)=O)cn2c1=O. The summed E-state index contributed by atoms with van der Waals surface area (Å²) in [7, 11) is 0. The fourth-order valence-electron chi connectivity index (χ4n) is 1.84. The van der Waals surface area contributed by atoms with Gasteiger partial charge in [-0.2, -0.15) is 0 Å². The average molecular weight is 231 g/mol. The Hall–Kier alpha value is -2.17. The molecule has 0 aromatic carbocycles. The van der Waals surface area contributed by atoms with Crippen LogP contribution in [0.4, 0.5) is 0 Å². The summed E-state index contributed by atoms with van der Waals surface area (Å²) in [5, 5.41) is 0. The van der Waals surface area contributed by atoms with Crippen molar-refractivity contribution >= 4 is 11.6 Å². The summed E-state index contributed by atoms with van der Waals surface area (Å²) in [4.78, 5) is 27.5. The van der Waals surface area contributed by atoms with Crippen LogP contribution in [0.15, 0.2) is 23.1 Å². The third-order valence-electron chi connectivity index (χ3n) is 2.76. The van der Waals surface area contributed by atoms with Crippen LogP contribution in [0.2, 0.25) is 0 Å². The van der Waals surface area contributed by atoms with Crippen LogP contribution in [-0.2, 0) is 6.42 Å². The molecule has 0 bridgehead atoms. The zero-order valence-corrected chi connectivity index (χ0v) is 9.73. The van der Waals surface area contributed by atoms with E-state index in [2.05, 4.69) is 4.98 Å². The second-order valence-corrected chi connectivity index (χ2v) is 3.84. The molecule has 0 aliphatic heterocycles. The highest BCUT2D eigenvalue weighted by atomic mass is 16.1. The molecule has 0 saturated carbocycles. The van der Waals surface area contributed by atoms with Gasteiger partial charge in [-0.15, -0.1) is 0 Å². The number of carbonyl (C=O) groups is 1. The lowest BCUT2D eigenvalue weighted by molar-refractivity contribution is 0.1000. The average Bonchev–Trinajstić information content (AvgIpc) is 2.29. The van der Waals surface area contributed by atoms with Crippen molar-refractivity contribution < 1.29 is 4.79 Å². The largest absolute Gasteiger partial charge is 0.366 e. The van der Waals surface area contributed by atoms with Gasteiger partial charge in [0.1, 0.15) is 5.65 Å². The summed E-state index contributed by atoms with van der Waals surface area (Å²) in [5.74, 6) is -0.558. The van der Waals surface area contributed by atoms with Gasteiger partial charge in [0, 0.05) is 17.5 Å². The lowest BCUT2D eigenvalue weighted by atomic mass is 10.2. The molecule has 88 valence electrons. The number of nitrogens with two attached hydrogens (primary N) is 1. The van der Waals surface area contributed by atoms with E-state index in [9.17, 15) is 9.59 Å². The molecule has 0 atom stereocenters. The Kier molecular flexibility index (Phi) is 2.67. The maximum Gasteiger partial charge on any atom is 0.261 e. The smallest absolute Gasteiger partial charge is 0.261 e. The first kappa shape index (κ1) is 11.3. The highest BCUT2D eigenvalue weighted by Gasteiger charge is 2.09. The second kappa shape index (κ2) is 4.01. The number of rotatable bonds is 2. The van der Waals surface area contributed by atoms with E-state index < -0.39 is 5.91 Å². The Morgan fingerprint density at radius 3 is 2.76 bits per heavy atom. The standard InChI is InChI=1S/C12H13N3O2/c1-3-9-7(2)14-10-5-4-8(11(13)16)6-15(10)12(9)17/h4-6H,3H2,1-2H3,(H2,13,16). The van der Waals surface area contributed by atoms with Crippen molar-refractivity contribution in [3.8, 4) is 0 Å². The first-order valence-corrected chi connectivity index (χ1v) is 5.36. The van der Waals surface area contributed by atoms with Crippen LogP contribution in [-0.4, -0.2) is 15.3 Å². The Labute approximate surface area is 97.9 Å². The zero-order valence-electron chi connectivity index (χ0n) is 9.73. The number of fused-ring (bicyclic) bond motifs is 1. The molecule has 0 unspecified atom stereocenters. The molecule has 2 aromatic heterocycles. The minimum atomic E-state index is -0.558. The van der Waals surface area contributed by atoms with Crippen LogP contribution in [0.1, 0.15) is 28.5 Å². The molecule has 2 heterocycles. The molecule has 0 radical (unpaired) electrons. The Morgan fingerprint density at radius 2 is 2.18 bits per heavy atom. The first-order valence-electron chi connectivity index (χ1n) is 5.36. The van der Waals surface area contributed by atoms with E-state index >= 15 is 0 Å². The summed E-state index contributed by atoms with van der Waals surface area (Å²) in [5.41, 5.74) is 7.24. The molecule has 0 spiro atoms. The van der Waals surface area contributed by atoms with E-state index in [1.807, 2.05) is 13.8 Å². The predicted molar refractivity (Wildman–Crippen MR) is 64.1 cm³/mol. The Balaban J connectivity index is 2.85. The van der Waals surface area contributed by atoms with E-state index in [4.69, 9.17) is 5.73 Å². The van der Waals surface area contributed by atoms with E-state index in [0.29, 0.717) is 23.2 Å². The molecule has 0 fully saturated rings. The third kappa shape index (κ3) is 1.80. The topological polar surface area (TPSA) is 77.5 Å². The molecule has 2 N–H and O–H groups in total. The number of carbonyl (C=O) groups excluding carboxylic acids is 1. The molecular weight excluding hydrogens is 218 g/mol. The first-order chi connectivity index (χ1) is 8.04. The second-order valence-electron chi connectivity index (χ2n) is 3.84. The van der Waals surface area contributed by atoms with Gasteiger partial charge in [-0.05, 0) is 25.5 Å². The highest BCUT2D eigenvalue weighted by molar-refractivity contribution is 5.92. The number of nitrogens with zero attached hydrogens (tertiary/aromatic N) is 2. The van der Waals surface area contributed by atoms with Crippen molar-refractivity contribution in [2.45, 2.75) is 20.3 Å². The molecule has 0 saturated heterocycles. The lowest BCUT2D eigenvalue weighted by Gasteiger charge is -2.06. The molecule has 5 heteroatoms. The molecule has 2 aromatic rings. The summed E-state index contributed by atoms with van der Waals surface area (Å²) >= 11 is 0. The summed E-state index contributed by atoms with van der Waals surface area (Å²) in [6.07, 6.45) is 2.05. The van der Waals surface area contributed by atoms with Gasteiger partial charge in [-0.3, -0.25) is 14.0 Å². The van der Waals surface area contributed by atoms with E-state index in [0.717, 1.165) is 5.69 Å². The van der Waals surface area contributed by atoms with Crippen LogP contribution in [0.25, 0.3) is 5.65 Å². The van der Waals surface area contributed by atoms with Crippen molar-refractivity contribution in [2.75, 3.05) is 0 Å². The fraction of sp³-hybridized carbons (Fsp3) is 0.250. The van der Waals surface area contributed by atoms with Gasteiger partial charge >= 0.3 is 0 Å². The van der Waals surface area contributed by atoms with Crippen LogP contribution in [0.3, 0.4) is 0 Å². The van der Waals surface area contributed by atoms with E-state index in [1.54, 1.807) is 12.1 Å². The number of hydrogen-bond acceptors (Lipinski definition) is 3. The normalized spacial score (nSPS) is 10.7. The number of amides is 1. The molecule has 0 aliphatic rings. The summed E-state index contributed by atoms with van der Waals surface area (Å²) in [6, 6.07) is 3.18. The van der Waals surface area contributed by atoms with Gasteiger partial charge in [-0.1, -0.05) is 6.92 Å². The molecule has 2 rings (SSSR count). The van der Waals surface area contributed by atoms with Gasteiger partial charge < -0.3 is 5.73 Å². The third-order valence-corrected chi connectivity index (χ3v) is 2.76. The number of primary amides is 1. The molecular formula is C12H13N3O2. The number of aryl methyl sites for hydroxylation is 1. The van der Waals surface area contributed by atoms with Gasteiger partial charge in [0.2, 0.25) is 5.91 Å². The molecule has 17 heavy (non-hydrogen) atoms. The minimum absolute atomic E-state index is 0.141. The quantitative estimate of drug-likeness (QED) is 0.824. The molecule has 0 aliphatic carbocycles. The van der Waals surface area contributed by atoms with Crippen molar-refractivity contribution in [1.29, 1.82) is 0 Å². The molecule has 1 amide bonds. The van der Waals surface area contributed by atoms with E-state index in [-0.39, 0.29) is 5.56 Å². The van der Waals surface area contributed by atoms with Gasteiger partial charge in [0.25, 0.3) is 5.56 Å².